The molecule has 45 heavy (non-hydrogen) atoms. The molecule has 4 aromatic carbocycles. The Hall–Kier alpha value is -5.18. The first-order valence-corrected chi connectivity index (χ1v) is 15.2. The molecule has 0 aliphatic rings. The zero-order valence-electron chi connectivity index (χ0n) is 25.2. The lowest BCUT2D eigenvalue weighted by Crippen LogP contribution is -2.42. The zero-order chi connectivity index (χ0) is 31.3. The number of nitrogens with one attached hydrogen (secondary N) is 4. The molecule has 0 saturated heterocycles. The number of hydrogen-bond donors (Lipinski definition) is 5. The number of nitrogens with zero attached hydrogens (tertiary/aromatic N) is 1. The highest BCUT2D eigenvalue weighted by Crippen LogP contribution is 2.24. The van der Waals surface area contributed by atoms with Gasteiger partial charge in [-0.05, 0) is 46.4 Å². The molecule has 0 aliphatic heterocycles. The molecule has 230 valence electrons. The number of amides is 3. The SMILES string of the molecule is O=C(/C=C/c1ccc(CN(CCNC(=O)NCC(c2ccccc2)c2ccccc2)CCc2c[nH]c3ccccc23)cc1)NO. The molecular weight excluding hydrogens is 562 g/mol. The zero-order valence-corrected chi connectivity index (χ0v) is 25.2. The van der Waals surface area contributed by atoms with Gasteiger partial charge in [-0.2, -0.15) is 0 Å². The van der Waals surface area contributed by atoms with Crippen LogP contribution in [0.15, 0.2) is 121 Å². The van der Waals surface area contributed by atoms with E-state index < -0.39 is 5.91 Å². The van der Waals surface area contributed by atoms with Gasteiger partial charge in [0.05, 0.1) is 0 Å². The van der Waals surface area contributed by atoms with E-state index >= 15 is 0 Å². The van der Waals surface area contributed by atoms with E-state index in [1.54, 1.807) is 11.6 Å². The van der Waals surface area contributed by atoms with Crippen LogP contribution in [0.3, 0.4) is 0 Å². The molecule has 0 unspecified atom stereocenters. The smallest absolute Gasteiger partial charge is 0.314 e. The van der Waals surface area contributed by atoms with Crippen LogP contribution >= 0.6 is 0 Å². The molecule has 1 aromatic heterocycles. The van der Waals surface area contributed by atoms with Crippen LogP contribution in [-0.4, -0.2) is 53.2 Å². The average Bonchev–Trinajstić information content (AvgIpc) is 3.50. The Morgan fingerprint density at radius 1 is 0.800 bits per heavy atom. The fourth-order valence-electron chi connectivity index (χ4n) is 5.47. The van der Waals surface area contributed by atoms with Gasteiger partial charge in [0.2, 0.25) is 0 Å². The number of urea groups is 1. The highest BCUT2D eigenvalue weighted by Gasteiger charge is 2.15. The minimum absolute atomic E-state index is 0.0571. The first kappa shape index (κ1) is 31.3. The van der Waals surface area contributed by atoms with Gasteiger partial charge in [0.15, 0.2) is 0 Å². The van der Waals surface area contributed by atoms with E-state index in [1.807, 2.05) is 66.7 Å². The Balaban J connectivity index is 1.19. The van der Waals surface area contributed by atoms with Crippen molar-refractivity contribution < 1.29 is 14.8 Å². The maximum atomic E-state index is 12.9. The molecule has 0 atom stereocenters. The molecule has 5 N–H and O–H groups in total. The van der Waals surface area contributed by atoms with Crippen molar-refractivity contribution in [1.29, 1.82) is 0 Å². The van der Waals surface area contributed by atoms with Gasteiger partial charge in [-0.15, -0.1) is 0 Å². The van der Waals surface area contributed by atoms with Crippen molar-refractivity contribution in [2.45, 2.75) is 18.9 Å². The monoisotopic (exact) mass is 601 g/mol. The molecule has 8 heteroatoms. The number of aromatic amines is 1. The highest BCUT2D eigenvalue weighted by atomic mass is 16.5. The van der Waals surface area contributed by atoms with Crippen molar-refractivity contribution >= 4 is 28.9 Å². The molecule has 5 rings (SSSR count). The Bertz CT molecular complexity index is 1640. The number of rotatable bonds is 14. The predicted octanol–water partition coefficient (Wildman–Crippen LogP) is 5.86. The molecule has 0 saturated carbocycles. The van der Waals surface area contributed by atoms with Crippen LogP contribution in [0, 0.1) is 0 Å². The van der Waals surface area contributed by atoms with Crippen molar-refractivity contribution in [3.05, 3.63) is 149 Å². The normalized spacial score (nSPS) is 11.4. The third kappa shape index (κ3) is 9.15. The number of hydroxylamine groups is 1. The van der Waals surface area contributed by atoms with E-state index in [0.717, 1.165) is 40.7 Å². The van der Waals surface area contributed by atoms with Crippen LogP contribution < -0.4 is 16.1 Å². The van der Waals surface area contributed by atoms with E-state index in [9.17, 15) is 9.59 Å². The van der Waals surface area contributed by atoms with Gasteiger partial charge >= 0.3 is 6.03 Å². The molecular formula is C37H39N5O3. The van der Waals surface area contributed by atoms with Gasteiger partial charge in [-0.25, -0.2) is 10.3 Å². The standard InChI is InChI=1S/C37H39N5O3/c43-36(41-45)20-19-28-15-17-29(18-16-28)27-42(23-21-32-25-39-35-14-8-7-13-33(32)35)24-22-38-37(44)40-26-34(30-9-3-1-4-10-30)31-11-5-2-6-12-31/h1-20,25,34,39,45H,21-24,26-27H2,(H,41,43)(H2,38,40,44)/b20-19+. The van der Waals surface area contributed by atoms with Crippen LogP contribution in [0.5, 0.6) is 0 Å². The van der Waals surface area contributed by atoms with E-state index in [4.69, 9.17) is 5.21 Å². The second kappa shape index (κ2) is 16.0. The molecule has 0 radical (unpaired) electrons. The summed E-state index contributed by atoms with van der Waals surface area (Å²) in [5.41, 5.74) is 8.28. The number of para-hydroxylation sites is 1. The topological polar surface area (TPSA) is 109 Å². The second-order valence-corrected chi connectivity index (χ2v) is 10.9. The Labute approximate surface area is 263 Å². The van der Waals surface area contributed by atoms with E-state index in [1.165, 1.54) is 17.0 Å². The van der Waals surface area contributed by atoms with Crippen molar-refractivity contribution in [3.8, 4) is 0 Å². The summed E-state index contributed by atoms with van der Waals surface area (Å²) in [6.45, 7) is 3.18. The largest absolute Gasteiger partial charge is 0.361 e. The number of H-pyrrole nitrogens is 1. The minimum atomic E-state index is -0.574. The third-order valence-electron chi connectivity index (χ3n) is 7.88. The number of aromatic nitrogens is 1. The number of carbonyl (C=O) groups excluding carboxylic acids is 2. The van der Waals surface area contributed by atoms with E-state index in [2.05, 4.69) is 69.2 Å². The fourth-order valence-corrected chi connectivity index (χ4v) is 5.47. The third-order valence-corrected chi connectivity index (χ3v) is 7.88. The maximum Gasteiger partial charge on any atom is 0.314 e. The summed E-state index contributed by atoms with van der Waals surface area (Å²) in [5.74, 6) is -0.517. The van der Waals surface area contributed by atoms with Crippen LogP contribution in [0.1, 0.15) is 33.7 Å². The molecule has 1 heterocycles. The molecule has 5 aromatic rings. The van der Waals surface area contributed by atoms with Crippen LogP contribution in [0.2, 0.25) is 0 Å². The number of benzene rings is 4. The minimum Gasteiger partial charge on any atom is -0.361 e. The van der Waals surface area contributed by atoms with Gasteiger partial charge in [0.25, 0.3) is 5.91 Å². The van der Waals surface area contributed by atoms with Gasteiger partial charge in [-0.1, -0.05) is 103 Å². The Morgan fingerprint density at radius 2 is 1.47 bits per heavy atom. The van der Waals surface area contributed by atoms with Crippen molar-refractivity contribution in [2.75, 3.05) is 26.2 Å². The van der Waals surface area contributed by atoms with Crippen LogP contribution in [0.25, 0.3) is 17.0 Å². The average molecular weight is 602 g/mol. The van der Waals surface area contributed by atoms with Gasteiger partial charge in [-0.3, -0.25) is 14.9 Å². The second-order valence-electron chi connectivity index (χ2n) is 10.9. The highest BCUT2D eigenvalue weighted by molar-refractivity contribution is 5.90. The summed E-state index contributed by atoms with van der Waals surface area (Å²) >= 11 is 0. The summed E-state index contributed by atoms with van der Waals surface area (Å²) in [6.07, 6.45) is 5.87. The maximum absolute atomic E-state index is 12.9. The number of hydrogen-bond acceptors (Lipinski definition) is 4. The summed E-state index contributed by atoms with van der Waals surface area (Å²) in [6, 6.07) is 36.5. The van der Waals surface area contributed by atoms with Gasteiger partial charge in [0, 0.05) is 61.8 Å². The Kier molecular flexibility index (Phi) is 11.1. The summed E-state index contributed by atoms with van der Waals surface area (Å²) in [4.78, 5) is 29.9. The van der Waals surface area contributed by atoms with E-state index in [0.29, 0.717) is 26.2 Å². The first-order valence-electron chi connectivity index (χ1n) is 15.2. The van der Waals surface area contributed by atoms with E-state index in [-0.39, 0.29) is 11.9 Å². The molecule has 0 bridgehead atoms. The fraction of sp³-hybridized carbons (Fsp3) is 0.189. The lowest BCUT2D eigenvalue weighted by atomic mass is 9.91. The molecule has 8 nitrogen and oxygen atoms in total. The lowest BCUT2D eigenvalue weighted by molar-refractivity contribution is -0.124. The Morgan fingerprint density at radius 3 is 2.16 bits per heavy atom. The lowest BCUT2D eigenvalue weighted by Gasteiger charge is -2.23. The van der Waals surface area contributed by atoms with Gasteiger partial charge < -0.3 is 15.6 Å². The van der Waals surface area contributed by atoms with Crippen molar-refractivity contribution in [3.63, 3.8) is 0 Å². The molecule has 0 aliphatic carbocycles. The molecule has 3 amide bonds. The predicted molar refractivity (Wildman–Crippen MR) is 179 cm³/mol. The van der Waals surface area contributed by atoms with Gasteiger partial charge in [0.1, 0.15) is 0 Å². The molecule has 0 spiro atoms. The first-order chi connectivity index (χ1) is 22.1. The molecule has 0 fully saturated rings. The summed E-state index contributed by atoms with van der Waals surface area (Å²) in [5, 5.41) is 16.1. The quantitative estimate of drug-likeness (QED) is 0.0624. The number of carbonyl (C=O) groups is 2. The summed E-state index contributed by atoms with van der Waals surface area (Å²) < 4.78 is 0. The summed E-state index contributed by atoms with van der Waals surface area (Å²) in [7, 11) is 0. The van der Waals surface area contributed by atoms with Crippen LogP contribution in [-0.2, 0) is 17.8 Å². The van der Waals surface area contributed by atoms with Crippen molar-refractivity contribution in [2.24, 2.45) is 0 Å². The van der Waals surface area contributed by atoms with Crippen LogP contribution in [0.4, 0.5) is 4.79 Å². The van der Waals surface area contributed by atoms with Crippen molar-refractivity contribution in [1.82, 2.24) is 26.0 Å². The number of fused-ring (bicyclic) bond motifs is 1.